The number of hydrogen-bond donors (Lipinski definition) is 0. The summed E-state index contributed by atoms with van der Waals surface area (Å²) >= 11 is 0. The van der Waals surface area contributed by atoms with Crippen LogP contribution in [0.4, 0.5) is 5.69 Å². The monoisotopic (exact) mass is 258 g/mol. The van der Waals surface area contributed by atoms with E-state index in [1.165, 1.54) is 11.1 Å². The lowest BCUT2D eigenvalue weighted by Crippen LogP contribution is -2.26. The minimum Gasteiger partial charge on any atom is -0.599 e. The largest absolute Gasteiger partial charge is 0.599 e. The van der Waals surface area contributed by atoms with Crippen LogP contribution in [-0.2, 0) is 0 Å². The van der Waals surface area contributed by atoms with E-state index in [2.05, 4.69) is 25.5 Å². The third-order valence-electron chi connectivity index (χ3n) is 3.82. The number of benzene rings is 1. The molecule has 2 rings (SSSR count). The number of hydrogen-bond acceptors (Lipinski definition) is 2. The topological polar surface area (TPSA) is 38.4 Å². The molecule has 1 aromatic carbocycles. The van der Waals surface area contributed by atoms with Crippen molar-refractivity contribution in [2.45, 2.75) is 46.1 Å². The first-order valence-corrected chi connectivity index (χ1v) is 6.62. The molecule has 3 nitrogen and oxygen atoms in total. The van der Waals surface area contributed by atoms with Crippen molar-refractivity contribution < 1.29 is 4.86 Å². The van der Waals surface area contributed by atoms with Crippen molar-refractivity contribution in [2.24, 2.45) is 10.5 Å². The molecule has 1 aliphatic rings. The Morgan fingerprint density at radius 1 is 1.21 bits per heavy atom. The van der Waals surface area contributed by atoms with Crippen LogP contribution in [0.2, 0.25) is 0 Å². The van der Waals surface area contributed by atoms with Crippen molar-refractivity contribution in [1.29, 1.82) is 0 Å². The van der Waals surface area contributed by atoms with E-state index in [0.717, 1.165) is 4.86 Å². The maximum absolute atomic E-state index is 11.8. The van der Waals surface area contributed by atoms with Crippen molar-refractivity contribution in [3.05, 3.63) is 47.2 Å². The van der Waals surface area contributed by atoms with Gasteiger partial charge in [-0.1, -0.05) is 43.0 Å². The van der Waals surface area contributed by atoms with Crippen LogP contribution < -0.4 is 0 Å². The van der Waals surface area contributed by atoms with Gasteiger partial charge in [0, 0.05) is 31.8 Å². The summed E-state index contributed by atoms with van der Waals surface area (Å²) in [4.78, 5) is 0.752. The summed E-state index contributed by atoms with van der Waals surface area (Å²) in [5.41, 5.74) is 2.91. The Balaban J connectivity index is 2.19. The molecule has 0 spiro atoms. The third kappa shape index (κ3) is 2.55. The molecule has 0 amide bonds. The van der Waals surface area contributed by atoms with E-state index in [1.807, 2.05) is 45.0 Å². The fourth-order valence-electron chi connectivity index (χ4n) is 2.24. The minimum atomic E-state index is -0.508. The van der Waals surface area contributed by atoms with E-state index in [9.17, 15) is 5.21 Å². The van der Waals surface area contributed by atoms with Gasteiger partial charge in [-0.2, -0.15) is 0 Å². The molecule has 1 saturated carbocycles. The van der Waals surface area contributed by atoms with E-state index in [0.29, 0.717) is 11.6 Å². The van der Waals surface area contributed by atoms with Crippen LogP contribution in [0.5, 0.6) is 0 Å². The van der Waals surface area contributed by atoms with Gasteiger partial charge in [0.1, 0.15) is 5.69 Å². The Kier molecular flexibility index (Phi) is 3.04. The summed E-state index contributed by atoms with van der Waals surface area (Å²) in [6.45, 7) is 14.0. The van der Waals surface area contributed by atoms with E-state index in [1.54, 1.807) is 0 Å². The first-order chi connectivity index (χ1) is 8.64. The highest BCUT2D eigenvalue weighted by molar-refractivity contribution is 5.50. The fraction of sp³-hybridized carbons (Fsp3) is 0.500. The highest BCUT2D eigenvalue weighted by atomic mass is 16.5. The lowest BCUT2D eigenvalue weighted by atomic mass is 10.0. The number of azo groups is 1. The van der Waals surface area contributed by atoms with E-state index >= 15 is 0 Å². The van der Waals surface area contributed by atoms with Gasteiger partial charge in [-0.05, 0) is 23.1 Å². The second-order valence-electron chi connectivity index (χ2n) is 6.82. The summed E-state index contributed by atoms with van der Waals surface area (Å²) in [5, 5.41) is 15.8. The number of hydroxylamine groups is 1. The zero-order valence-electron chi connectivity index (χ0n) is 12.4. The van der Waals surface area contributed by atoms with Crippen LogP contribution in [0.1, 0.15) is 46.1 Å². The number of rotatable bonds is 2. The predicted octanol–water partition coefficient (Wildman–Crippen LogP) is 4.76. The van der Waals surface area contributed by atoms with Crippen molar-refractivity contribution >= 4 is 5.69 Å². The maximum atomic E-state index is 11.8. The van der Waals surface area contributed by atoms with Gasteiger partial charge in [0.2, 0.25) is 0 Å². The molecular weight excluding hydrogens is 236 g/mol. The molecule has 1 aliphatic carbocycles. The van der Waals surface area contributed by atoms with Crippen LogP contribution in [0.25, 0.3) is 0 Å². The average molecular weight is 258 g/mol. The van der Waals surface area contributed by atoms with Gasteiger partial charge in [-0.15, -0.1) is 0 Å². The van der Waals surface area contributed by atoms with Gasteiger partial charge in [0.05, 0.1) is 0 Å². The molecule has 0 heterocycles. The zero-order chi connectivity index (χ0) is 14.4. The van der Waals surface area contributed by atoms with Gasteiger partial charge in [-0.3, -0.25) is 0 Å². The summed E-state index contributed by atoms with van der Waals surface area (Å²) in [6, 6.07) is 7.88. The van der Waals surface area contributed by atoms with Crippen molar-refractivity contribution in [3.63, 3.8) is 0 Å². The minimum absolute atomic E-state index is 0.203. The summed E-state index contributed by atoms with van der Waals surface area (Å²) < 4.78 is 0. The Morgan fingerprint density at radius 3 is 2.05 bits per heavy atom. The molecule has 1 unspecified atom stereocenters. The summed E-state index contributed by atoms with van der Waals surface area (Å²) in [5.74, 6) is 0.438. The second kappa shape index (κ2) is 4.19. The van der Waals surface area contributed by atoms with Gasteiger partial charge in [0.25, 0.3) is 0 Å². The molecule has 19 heavy (non-hydrogen) atoms. The molecule has 3 heteroatoms. The lowest BCUT2D eigenvalue weighted by Gasteiger charge is -2.14. The average Bonchev–Trinajstić information content (AvgIpc) is 2.78. The second-order valence-corrected chi connectivity index (χ2v) is 6.82. The fourth-order valence-corrected chi connectivity index (χ4v) is 2.24. The van der Waals surface area contributed by atoms with Gasteiger partial charge < -0.3 is 5.21 Å². The normalized spacial score (nSPS) is 22.5. The molecule has 0 N–H and O–H groups in total. The molecule has 1 aromatic rings. The SMILES string of the molecule is C=C1C(c2ccc(N=[N+]([O-])C(C)(C)C)cc2)C1(C)C. The van der Waals surface area contributed by atoms with Crippen LogP contribution in [0.15, 0.2) is 41.5 Å². The molecule has 0 aromatic heterocycles. The zero-order valence-corrected chi connectivity index (χ0v) is 12.4. The third-order valence-corrected chi connectivity index (χ3v) is 3.82. The van der Waals surface area contributed by atoms with Gasteiger partial charge in [-0.25, -0.2) is 0 Å². The van der Waals surface area contributed by atoms with Gasteiger partial charge in [0.15, 0.2) is 5.54 Å². The molecular formula is C16H22N2O. The van der Waals surface area contributed by atoms with E-state index in [4.69, 9.17) is 0 Å². The Bertz CT molecular complexity index is 533. The smallest absolute Gasteiger partial charge is 0.191 e. The molecule has 0 radical (unpaired) electrons. The van der Waals surface area contributed by atoms with E-state index in [-0.39, 0.29) is 5.41 Å². The molecule has 1 fully saturated rings. The highest BCUT2D eigenvalue weighted by Crippen LogP contribution is 2.63. The van der Waals surface area contributed by atoms with Crippen LogP contribution in [0, 0.1) is 10.6 Å². The molecule has 102 valence electrons. The first-order valence-electron chi connectivity index (χ1n) is 6.62. The first kappa shape index (κ1) is 13.8. The van der Waals surface area contributed by atoms with Gasteiger partial charge >= 0.3 is 0 Å². The maximum Gasteiger partial charge on any atom is 0.191 e. The number of nitrogens with zero attached hydrogens (tertiary/aromatic N) is 2. The Morgan fingerprint density at radius 2 is 1.68 bits per heavy atom. The van der Waals surface area contributed by atoms with E-state index < -0.39 is 5.54 Å². The standard InChI is InChI=1S/C16H22N2O/c1-11-14(16(11,5)6)12-7-9-13(10-8-12)17-18(19)15(2,3)4/h7-10,14H,1H2,2-6H3. The Labute approximate surface area is 115 Å². The van der Waals surface area contributed by atoms with Crippen LogP contribution in [-0.4, -0.2) is 10.4 Å². The molecule has 0 bridgehead atoms. The molecule has 0 aliphatic heterocycles. The number of allylic oxidation sites excluding steroid dienone is 1. The summed E-state index contributed by atoms with van der Waals surface area (Å²) in [6.07, 6.45) is 0. The van der Waals surface area contributed by atoms with Crippen molar-refractivity contribution in [3.8, 4) is 0 Å². The molecule has 0 saturated heterocycles. The quantitative estimate of drug-likeness (QED) is 0.326. The highest BCUT2D eigenvalue weighted by Gasteiger charge is 2.51. The van der Waals surface area contributed by atoms with Crippen molar-refractivity contribution in [2.75, 3.05) is 0 Å². The molecule has 1 atom stereocenters. The predicted molar refractivity (Wildman–Crippen MR) is 77.6 cm³/mol. The van der Waals surface area contributed by atoms with Crippen LogP contribution >= 0.6 is 0 Å². The van der Waals surface area contributed by atoms with Crippen molar-refractivity contribution in [1.82, 2.24) is 0 Å². The summed E-state index contributed by atoms with van der Waals surface area (Å²) in [7, 11) is 0. The lowest BCUT2D eigenvalue weighted by molar-refractivity contribution is -0.594. The van der Waals surface area contributed by atoms with Crippen LogP contribution in [0.3, 0.4) is 0 Å². The Hall–Kier alpha value is -1.64.